The first-order chi connectivity index (χ1) is 12.2. The van der Waals surface area contributed by atoms with E-state index in [9.17, 15) is 13.2 Å². The molecule has 11 heteroatoms. The molecule has 4 N–H and O–H groups in total. The average Bonchev–Trinajstić information content (AvgIpc) is 2.55. The molecule has 27 heavy (non-hydrogen) atoms. The molecule has 146 valence electrons. The summed E-state index contributed by atoms with van der Waals surface area (Å²) in [5, 5.41) is 10.5. The van der Waals surface area contributed by atoms with Crippen LogP contribution in [0.3, 0.4) is 0 Å². The zero-order valence-corrected chi connectivity index (χ0v) is 15.8. The molecule has 0 saturated carbocycles. The lowest BCUT2D eigenvalue weighted by molar-refractivity contribution is -0.137. The van der Waals surface area contributed by atoms with Crippen LogP contribution in [0.5, 0.6) is 5.75 Å². The molecule has 0 fully saturated rings. The van der Waals surface area contributed by atoms with Crippen LogP contribution in [0.1, 0.15) is 16.7 Å². The fourth-order valence-corrected chi connectivity index (χ4v) is 2.49. The molecule has 0 bridgehead atoms. The highest BCUT2D eigenvalue weighted by molar-refractivity contribution is 6.34. The molecule has 2 aromatic carbocycles. The van der Waals surface area contributed by atoms with E-state index in [0.717, 1.165) is 6.07 Å². The minimum atomic E-state index is -4.55. The molecule has 5 nitrogen and oxygen atoms in total. The normalized spacial score (nSPS) is 11.1. The van der Waals surface area contributed by atoms with Gasteiger partial charge in [-0.05, 0) is 12.1 Å². The third-order valence-corrected chi connectivity index (χ3v) is 4.00. The summed E-state index contributed by atoms with van der Waals surface area (Å²) in [5.41, 5.74) is 7.05. The summed E-state index contributed by atoms with van der Waals surface area (Å²) in [6.45, 7) is -0.200. The molecular formula is C16H14Cl3F3N4O. The predicted octanol–water partition coefficient (Wildman–Crippen LogP) is 4.83. The van der Waals surface area contributed by atoms with Crippen LogP contribution in [0.4, 0.5) is 13.2 Å². The van der Waals surface area contributed by atoms with Crippen LogP contribution in [0.15, 0.2) is 41.5 Å². The number of benzene rings is 2. The second-order valence-electron chi connectivity index (χ2n) is 5.01. The van der Waals surface area contributed by atoms with Gasteiger partial charge in [-0.15, -0.1) is 12.4 Å². The Labute approximate surface area is 169 Å². The number of nitrogens with one attached hydrogen (secondary N) is 2. The van der Waals surface area contributed by atoms with Gasteiger partial charge in [0.1, 0.15) is 12.4 Å². The Hall–Kier alpha value is -2.16. The first-order valence-corrected chi connectivity index (χ1v) is 7.84. The van der Waals surface area contributed by atoms with E-state index in [1.54, 1.807) is 18.2 Å². The number of hydrogen-bond donors (Lipinski definition) is 3. The van der Waals surface area contributed by atoms with Crippen molar-refractivity contribution in [3.05, 3.63) is 63.1 Å². The van der Waals surface area contributed by atoms with Crippen molar-refractivity contribution in [2.24, 2.45) is 10.8 Å². The summed E-state index contributed by atoms with van der Waals surface area (Å²) in [6.07, 6.45) is -3.22. The molecular weight excluding hydrogens is 428 g/mol. The third-order valence-electron chi connectivity index (χ3n) is 3.15. The third kappa shape index (κ3) is 6.20. The smallest absolute Gasteiger partial charge is 0.417 e. The number of alkyl halides is 3. The van der Waals surface area contributed by atoms with Crippen molar-refractivity contribution < 1.29 is 17.9 Å². The minimum absolute atomic E-state index is 0. The van der Waals surface area contributed by atoms with E-state index >= 15 is 0 Å². The SMILES string of the molecule is Cl.N=C(N)N/N=C/c1cccc(OCc2cccc(C(F)(F)F)c2Cl)c1Cl. The van der Waals surface area contributed by atoms with E-state index in [4.69, 9.17) is 39.1 Å². The first kappa shape index (κ1) is 22.9. The standard InChI is InChI=1S/C16H13Cl2F3N4O.ClH/c17-13-10(4-1-5-11(13)16(19,20)21)8-26-12-6-2-3-9(14(12)18)7-24-25-15(22)23;/h1-7H,8H2,(H4,22,23,25);1H/b24-7+;. The number of halogens is 6. The summed E-state index contributed by atoms with van der Waals surface area (Å²) in [5.74, 6) is -0.101. The minimum Gasteiger partial charge on any atom is -0.487 e. The van der Waals surface area contributed by atoms with Gasteiger partial charge in [-0.3, -0.25) is 5.41 Å². The van der Waals surface area contributed by atoms with Crippen LogP contribution < -0.4 is 15.9 Å². The van der Waals surface area contributed by atoms with Gasteiger partial charge in [0.2, 0.25) is 5.96 Å². The Morgan fingerprint density at radius 3 is 2.48 bits per heavy atom. The molecule has 0 unspecified atom stereocenters. The molecule has 0 aromatic heterocycles. The van der Waals surface area contributed by atoms with E-state index in [0.29, 0.717) is 5.56 Å². The number of nitrogens with two attached hydrogens (primary N) is 1. The molecule has 0 saturated heterocycles. The van der Waals surface area contributed by atoms with Crippen LogP contribution in [0.25, 0.3) is 0 Å². The molecule has 0 aliphatic heterocycles. The van der Waals surface area contributed by atoms with Crippen LogP contribution in [0, 0.1) is 5.41 Å². The summed E-state index contributed by atoms with van der Waals surface area (Å²) < 4.78 is 44.2. The van der Waals surface area contributed by atoms with Crippen molar-refractivity contribution in [3.8, 4) is 5.75 Å². The number of hydrogen-bond acceptors (Lipinski definition) is 3. The van der Waals surface area contributed by atoms with Crippen molar-refractivity contribution in [2.75, 3.05) is 0 Å². The van der Waals surface area contributed by atoms with Gasteiger partial charge in [-0.2, -0.15) is 18.3 Å². The van der Waals surface area contributed by atoms with Crippen molar-refractivity contribution in [3.63, 3.8) is 0 Å². The molecule has 2 aromatic rings. The highest BCUT2D eigenvalue weighted by Crippen LogP contribution is 2.37. The van der Waals surface area contributed by atoms with Crippen molar-refractivity contribution in [1.29, 1.82) is 5.41 Å². The summed E-state index contributed by atoms with van der Waals surface area (Å²) in [7, 11) is 0. The van der Waals surface area contributed by atoms with Gasteiger partial charge in [0.05, 0.1) is 21.8 Å². The van der Waals surface area contributed by atoms with Gasteiger partial charge in [-0.25, -0.2) is 5.43 Å². The maximum atomic E-state index is 12.9. The first-order valence-electron chi connectivity index (χ1n) is 7.09. The van der Waals surface area contributed by atoms with Crippen LogP contribution in [-0.4, -0.2) is 12.2 Å². The molecule has 0 aliphatic rings. The van der Waals surface area contributed by atoms with Gasteiger partial charge in [0.15, 0.2) is 0 Å². The Kier molecular flexibility index (Phi) is 8.20. The topological polar surface area (TPSA) is 83.5 Å². The maximum Gasteiger partial charge on any atom is 0.417 e. The van der Waals surface area contributed by atoms with Gasteiger partial charge in [-0.1, -0.05) is 47.5 Å². The maximum absolute atomic E-state index is 12.9. The highest BCUT2D eigenvalue weighted by Gasteiger charge is 2.33. The predicted molar refractivity (Wildman–Crippen MR) is 102 cm³/mol. The lowest BCUT2D eigenvalue weighted by Crippen LogP contribution is -2.25. The monoisotopic (exact) mass is 440 g/mol. The molecule has 0 radical (unpaired) electrons. The van der Waals surface area contributed by atoms with Gasteiger partial charge in [0.25, 0.3) is 0 Å². The fourth-order valence-electron chi connectivity index (χ4n) is 1.98. The Morgan fingerprint density at radius 1 is 1.19 bits per heavy atom. The van der Waals surface area contributed by atoms with E-state index in [-0.39, 0.29) is 41.3 Å². The summed E-state index contributed by atoms with van der Waals surface area (Å²) in [4.78, 5) is 0. The molecule has 2 rings (SSSR count). The van der Waals surface area contributed by atoms with E-state index in [1.807, 2.05) is 0 Å². The molecule has 0 spiro atoms. The van der Waals surface area contributed by atoms with E-state index < -0.39 is 16.8 Å². The van der Waals surface area contributed by atoms with Crippen molar-refractivity contribution >= 4 is 47.8 Å². The zero-order chi connectivity index (χ0) is 19.3. The second kappa shape index (κ2) is 9.68. The Morgan fingerprint density at radius 2 is 1.85 bits per heavy atom. The van der Waals surface area contributed by atoms with Crippen LogP contribution in [-0.2, 0) is 12.8 Å². The Bertz CT molecular complexity index is 844. The number of guanidine groups is 1. The van der Waals surface area contributed by atoms with Gasteiger partial charge >= 0.3 is 6.18 Å². The Balaban J connectivity index is 0.00000364. The van der Waals surface area contributed by atoms with Crippen molar-refractivity contribution in [2.45, 2.75) is 12.8 Å². The molecule has 0 atom stereocenters. The molecule has 0 heterocycles. The van der Waals surface area contributed by atoms with Gasteiger partial charge in [0, 0.05) is 11.1 Å². The quantitative estimate of drug-likeness (QED) is 0.353. The van der Waals surface area contributed by atoms with E-state index in [2.05, 4.69) is 10.5 Å². The molecule has 0 aliphatic carbocycles. The number of rotatable bonds is 5. The highest BCUT2D eigenvalue weighted by atomic mass is 35.5. The van der Waals surface area contributed by atoms with Crippen LogP contribution >= 0.6 is 35.6 Å². The van der Waals surface area contributed by atoms with Gasteiger partial charge < -0.3 is 10.5 Å². The number of ether oxygens (including phenoxy) is 1. The lowest BCUT2D eigenvalue weighted by atomic mass is 10.1. The number of hydrazone groups is 1. The zero-order valence-electron chi connectivity index (χ0n) is 13.5. The molecule has 0 amide bonds. The largest absolute Gasteiger partial charge is 0.487 e. The summed E-state index contributed by atoms with van der Waals surface area (Å²) >= 11 is 12.0. The number of nitrogens with zero attached hydrogens (tertiary/aromatic N) is 1. The van der Waals surface area contributed by atoms with Crippen LogP contribution in [0.2, 0.25) is 10.0 Å². The average molecular weight is 442 g/mol. The van der Waals surface area contributed by atoms with E-state index in [1.165, 1.54) is 18.3 Å². The second-order valence-corrected chi connectivity index (χ2v) is 5.76. The lowest BCUT2D eigenvalue weighted by Gasteiger charge is -2.14. The van der Waals surface area contributed by atoms with Crippen molar-refractivity contribution in [1.82, 2.24) is 5.43 Å². The summed E-state index contributed by atoms with van der Waals surface area (Å²) in [6, 6.07) is 8.42. The fraction of sp³-hybridized carbons (Fsp3) is 0.125.